The fourth-order valence-electron chi connectivity index (χ4n) is 3.70. The number of fused-ring (bicyclic) bond motifs is 1. The van der Waals surface area contributed by atoms with Crippen molar-refractivity contribution in [3.8, 4) is 11.3 Å². The van der Waals surface area contributed by atoms with Crippen LogP contribution in [0, 0.1) is 11.7 Å². The first kappa shape index (κ1) is 17.6. The third-order valence-electron chi connectivity index (χ3n) is 5.10. The summed E-state index contributed by atoms with van der Waals surface area (Å²) >= 11 is 1.50. The third kappa shape index (κ3) is 3.95. The molecule has 3 atom stereocenters. The zero-order chi connectivity index (χ0) is 17.9. The number of aromatic nitrogens is 1. The minimum atomic E-state index is -0.260. The number of carbonyl (C=O) groups excluding carboxylic acids is 1. The summed E-state index contributed by atoms with van der Waals surface area (Å²) in [6.45, 7) is 2.05. The number of morpholine rings is 1. The van der Waals surface area contributed by atoms with E-state index in [-0.39, 0.29) is 29.8 Å². The quantitative estimate of drug-likeness (QED) is 0.863. The van der Waals surface area contributed by atoms with Gasteiger partial charge in [0.1, 0.15) is 10.8 Å². The molecule has 0 radical (unpaired) electrons. The number of nitrogens with zero attached hydrogens (tertiary/aromatic N) is 1. The van der Waals surface area contributed by atoms with E-state index in [1.807, 2.05) is 5.38 Å². The van der Waals surface area contributed by atoms with Crippen LogP contribution in [-0.2, 0) is 16.1 Å². The molecule has 138 valence electrons. The zero-order valence-electron chi connectivity index (χ0n) is 14.4. The lowest BCUT2D eigenvalue weighted by atomic mass is 9.82. The Balaban J connectivity index is 1.31. The molecule has 5 nitrogen and oxygen atoms in total. The van der Waals surface area contributed by atoms with Gasteiger partial charge in [0.05, 0.1) is 24.9 Å². The number of nitrogens with one attached hydrogen (secondary N) is 2. The monoisotopic (exact) mass is 375 g/mol. The van der Waals surface area contributed by atoms with Gasteiger partial charge in [-0.25, -0.2) is 9.37 Å². The molecule has 4 rings (SSSR count). The number of hydrogen-bond donors (Lipinski definition) is 2. The summed E-state index contributed by atoms with van der Waals surface area (Å²) < 4.78 is 18.8. The molecule has 1 aromatic heterocycles. The molecule has 2 aliphatic rings. The molecule has 1 aliphatic heterocycles. The molecule has 1 amide bonds. The fourth-order valence-corrected chi connectivity index (χ4v) is 4.45. The molecule has 2 fully saturated rings. The van der Waals surface area contributed by atoms with Crippen LogP contribution in [0.15, 0.2) is 29.6 Å². The first-order valence-electron chi connectivity index (χ1n) is 9.02. The second-order valence-corrected chi connectivity index (χ2v) is 7.77. The van der Waals surface area contributed by atoms with Gasteiger partial charge in [0.2, 0.25) is 5.91 Å². The molecule has 26 heavy (non-hydrogen) atoms. The highest BCUT2D eigenvalue weighted by Crippen LogP contribution is 2.28. The van der Waals surface area contributed by atoms with E-state index in [1.54, 1.807) is 12.1 Å². The molecule has 0 spiro atoms. The van der Waals surface area contributed by atoms with Gasteiger partial charge in [0.15, 0.2) is 0 Å². The first-order chi connectivity index (χ1) is 12.7. The molecule has 2 N–H and O–H groups in total. The van der Waals surface area contributed by atoms with Crippen molar-refractivity contribution in [3.05, 3.63) is 40.5 Å². The molecule has 2 heterocycles. The van der Waals surface area contributed by atoms with Crippen LogP contribution in [0.3, 0.4) is 0 Å². The van der Waals surface area contributed by atoms with E-state index >= 15 is 0 Å². The van der Waals surface area contributed by atoms with E-state index in [0.717, 1.165) is 48.7 Å². The van der Waals surface area contributed by atoms with Crippen LogP contribution in [0.4, 0.5) is 4.39 Å². The van der Waals surface area contributed by atoms with E-state index in [0.29, 0.717) is 6.54 Å². The summed E-state index contributed by atoms with van der Waals surface area (Å²) in [5.74, 6) is -0.139. The number of halogens is 1. The maximum atomic E-state index is 13.0. The molecule has 0 bridgehead atoms. The van der Waals surface area contributed by atoms with Crippen LogP contribution in [-0.4, -0.2) is 36.2 Å². The van der Waals surface area contributed by atoms with Crippen LogP contribution in [0.2, 0.25) is 0 Å². The summed E-state index contributed by atoms with van der Waals surface area (Å²) in [6.07, 6.45) is 2.88. The Bertz CT molecular complexity index is 764. The topological polar surface area (TPSA) is 63.2 Å². The van der Waals surface area contributed by atoms with E-state index in [9.17, 15) is 9.18 Å². The predicted octanol–water partition coefficient (Wildman–Crippen LogP) is 2.72. The van der Waals surface area contributed by atoms with Gasteiger partial charge < -0.3 is 15.4 Å². The Labute approximate surface area is 156 Å². The van der Waals surface area contributed by atoms with Gasteiger partial charge in [-0.15, -0.1) is 11.3 Å². The number of rotatable bonds is 4. The molecular formula is C19H22FN3O2S. The van der Waals surface area contributed by atoms with Crippen LogP contribution >= 0.6 is 11.3 Å². The van der Waals surface area contributed by atoms with Crippen LogP contribution in [0.25, 0.3) is 11.3 Å². The standard InChI is InChI=1S/C19H22FN3O2S/c20-14-4-1-12(2-5-14)16-11-26-18(23-16)10-22-19(24)13-3-6-17-15(9-13)21-7-8-25-17/h1-2,4-5,11,13,15,17,21H,3,6-10H2,(H,22,24)/t13-,15+,17+/m0/s1. The number of thiazole rings is 1. The van der Waals surface area contributed by atoms with Crippen molar-refractivity contribution in [1.29, 1.82) is 0 Å². The number of carbonyl (C=O) groups is 1. The molecule has 2 aromatic rings. The minimum absolute atomic E-state index is 0.0296. The number of benzene rings is 1. The van der Waals surface area contributed by atoms with Crippen molar-refractivity contribution in [2.24, 2.45) is 5.92 Å². The van der Waals surface area contributed by atoms with Gasteiger partial charge in [0, 0.05) is 29.4 Å². The average molecular weight is 375 g/mol. The van der Waals surface area contributed by atoms with E-state index in [1.165, 1.54) is 23.5 Å². The Morgan fingerprint density at radius 2 is 2.19 bits per heavy atom. The maximum Gasteiger partial charge on any atom is 0.223 e. The minimum Gasteiger partial charge on any atom is -0.375 e. The van der Waals surface area contributed by atoms with Gasteiger partial charge >= 0.3 is 0 Å². The summed E-state index contributed by atoms with van der Waals surface area (Å²) in [4.78, 5) is 17.1. The van der Waals surface area contributed by atoms with Crippen molar-refractivity contribution in [1.82, 2.24) is 15.6 Å². The van der Waals surface area contributed by atoms with Crippen molar-refractivity contribution >= 4 is 17.2 Å². The van der Waals surface area contributed by atoms with E-state index in [4.69, 9.17) is 4.74 Å². The van der Waals surface area contributed by atoms with Crippen LogP contribution in [0.1, 0.15) is 24.3 Å². The molecular weight excluding hydrogens is 353 g/mol. The predicted molar refractivity (Wildman–Crippen MR) is 98.2 cm³/mol. The van der Waals surface area contributed by atoms with E-state index < -0.39 is 0 Å². The number of amides is 1. The van der Waals surface area contributed by atoms with Gasteiger partial charge in [-0.3, -0.25) is 4.79 Å². The van der Waals surface area contributed by atoms with Gasteiger partial charge in [-0.05, 0) is 43.5 Å². The van der Waals surface area contributed by atoms with Crippen LogP contribution in [0.5, 0.6) is 0 Å². The third-order valence-corrected chi connectivity index (χ3v) is 5.95. The Morgan fingerprint density at radius 3 is 3.04 bits per heavy atom. The highest BCUT2D eigenvalue weighted by atomic mass is 32.1. The van der Waals surface area contributed by atoms with Crippen molar-refractivity contribution in [2.45, 2.75) is 38.0 Å². The smallest absolute Gasteiger partial charge is 0.223 e. The molecule has 1 aliphatic carbocycles. The molecule has 1 aromatic carbocycles. The van der Waals surface area contributed by atoms with Crippen molar-refractivity contribution in [2.75, 3.05) is 13.2 Å². The summed E-state index contributed by atoms with van der Waals surface area (Å²) in [5, 5.41) is 9.27. The van der Waals surface area contributed by atoms with E-state index in [2.05, 4.69) is 15.6 Å². The molecule has 1 saturated carbocycles. The second kappa shape index (κ2) is 7.82. The highest BCUT2D eigenvalue weighted by Gasteiger charge is 2.35. The summed E-state index contributed by atoms with van der Waals surface area (Å²) in [7, 11) is 0. The lowest BCUT2D eigenvalue weighted by molar-refractivity contribution is -0.128. The number of hydrogen-bond acceptors (Lipinski definition) is 5. The Kier molecular flexibility index (Phi) is 5.28. The zero-order valence-corrected chi connectivity index (χ0v) is 15.2. The Hall–Kier alpha value is -1.83. The highest BCUT2D eigenvalue weighted by molar-refractivity contribution is 7.09. The van der Waals surface area contributed by atoms with Crippen LogP contribution < -0.4 is 10.6 Å². The van der Waals surface area contributed by atoms with Gasteiger partial charge in [-0.1, -0.05) is 0 Å². The molecule has 1 saturated heterocycles. The largest absolute Gasteiger partial charge is 0.375 e. The lowest BCUT2D eigenvalue weighted by Gasteiger charge is -2.39. The SMILES string of the molecule is O=C(NCc1nc(-c2ccc(F)cc2)cs1)[C@H]1CC[C@H]2OCCN[C@@H]2C1. The number of ether oxygens (including phenoxy) is 1. The van der Waals surface area contributed by atoms with Crippen molar-refractivity contribution in [3.63, 3.8) is 0 Å². The van der Waals surface area contributed by atoms with Crippen molar-refractivity contribution < 1.29 is 13.9 Å². The average Bonchev–Trinajstić information content (AvgIpc) is 3.15. The molecule has 0 unspecified atom stereocenters. The molecule has 7 heteroatoms. The fraction of sp³-hybridized carbons (Fsp3) is 0.474. The maximum absolute atomic E-state index is 13.0. The first-order valence-corrected chi connectivity index (χ1v) is 9.90. The Morgan fingerprint density at radius 1 is 1.35 bits per heavy atom. The summed E-state index contributed by atoms with van der Waals surface area (Å²) in [5.41, 5.74) is 1.69. The lowest BCUT2D eigenvalue weighted by Crippen LogP contribution is -2.53. The summed E-state index contributed by atoms with van der Waals surface area (Å²) in [6, 6.07) is 6.57. The van der Waals surface area contributed by atoms with Gasteiger partial charge in [-0.2, -0.15) is 0 Å². The van der Waals surface area contributed by atoms with Gasteiger partial charge in [0.25, 0.3) is 0 Å². The normalized spacial score (nSPS) is 25.5. The second-order valence-electron chi connectivity index (χ2n) is 6.83.